The normalized spacial score (nSPS) is 20.9. The van der Waals surface area contributed by atoms with Gasteiger partial charge in [-0.05, 0) is 48.8 Å². The second kappa shape index (κ2) is 8.45. The maximum atomic E-state index is 13.6. The average Bonchev–Trinajstić information content (AvgIpc) is 3.25. The molecule has 172 valence electrons. The Morgan fingerprint density at radius 2 is 1.81 bits per heavy atom. The van der Waals surface area contributed by atoms with Crippen molar-refractivity contribution in [1.29, 1.82) is 0 Å². The van der Waals surface area contributed by atoms with Gasteiger partial charge in [-0.25, -0.2) is 0 Å². The molecule has 0 bridgehead atoms. The highest BCUT2D eigenvalue weighted by atomic mass is 35.5. The van der Waals surface area contributed by atoms with E-state index in [2.05, 4.69) is 13.8 Å². The van der Waals surface area contributed by atoms with Gasteiger partial charge in [-0.2, -0.15) is 13.2 Å². The van der Waals surface area contributed by atoms with Gasteiger partial charge in [0.25, 0.3) is 0 Å². The molecule has 4 rings (SSSR count). The number of nitrogens with zero attached hydrogens (tertiary/aromatic N) is 1. The number of rotatable bonds is 4. The summed E-state index contributed by atoms with van der Waals surface area (Å²) in [5, 5.41) is 10.9. The molecule has 32 heavy (non-hydrogen) atoms. The number of halogens is 4. The summed E-state index contributed by atoms with van der Waals surface area (Å²) >= 11 is 6.36. The zero-order valence-corrected chi connectivity index (χ0v) is 19.0. The van der Waals surface area contributed by atoms with Crippen LogP contribution >= 0.6 is 11.6 Å². The van der Waals surface area contributed by atoms with Crippen molar-refractivity contribution in [2.75, 3.05) is 0 Å². The lowest BCUT2D eigenvalue weighted by Gasteiger charge is -2.36. The van der Waals surface area contributed by atoms with Gasteiger partial charge < -0.3 is 5.11 Å². The summed E-state index contributed by atoms with van der Waals surface area (Å²) in [6, 6.07) is 4.26. The monoisotopic (exact) mass is 465 g/mol. The number of fused-ring (bicyclic) bond motifs is 1. The van der Waals surface area contributed by atoms with Crippen molar-refractivity contribution in [2.24, 2.45) is 5.41 Å². The molecule has 0 spiro atoms. The molecule has 2 aliphatic carbocycles. The molecule has 1 atom stereocenters. The maximum absolute atomic E-state index is 13.6. The number of carbonyl (C=O) groups is 1. The van der Waals surface area contributed by atoms with Crippen LogP contribution in [0.4, 0.5) is 13.2 Å². The number of hydrogen-bond acceptors (Lipinski definition) is 3. The molecule has 0 radical (unpaired) electrons. The maximum Gasteiger partial charge on any atom is 0.416 e. The van der Waals surface area contributed by atoms with E-state index >= 15 is 0 Å². The minimum atomic E-state index is -4.47. The van der Waals surface area contributed by atoms with Crippen molar-refractivity contribution in [2.45, 2.75) is 76.5 Å². The SMILES string of the molecule is CC1(C)Cc2nc(C3CCCC3)c(C(=O)c3ccc(C(F)(F)F)cc3)c(CCl)c2[C@@H](O)C1. The van der Waals surface area contributed by atoms with Crippen molar-refractivity contribution < 1.29 is 23.1 Å². The van der Waals surface area contributed by atoms with Gasteiger partial charge in [0.15, 0.2) is 5.78 Å². The molecule has 1 aromatic heterocycles. The zero-order chi connectivity index (χ0) is 23.3. The van der Waals surface area contributed by atoms with Crippen molar-refractivity contribution in [3.8, 4) is 0 Å². The van der Waals surface area contributed by atoms with Gasteiger partial charge in [-0.3, -0.25) is 9.78 Å². The van der Waals surface area contributed by atoms with Crippen LogP contribution in [0.25, 0.3) is 0 Å². The summed E-state index contributed by atoms with van der Waals surface area (Å²) in [5.41, 5.74) is 2.27. The van der Waals surface area contributed by atoms with Crippen LogP contribution in [0.2, 0.25) is 0 Å². The Kier molecular flexibility index (Phi) is 6.14. The number of hydrogen-bond donors (Lipinski definition) is 1. The Morgan fingerprint density at radius 1 is 1.19 bits per heavy atom. The van der Waals surface area contributed by atoms with E-state index in [-0.39, 0.29) is 28.6 Å². The molecule has 1 aromatic carbocycles. The fourth-order valence-electron chi connectivity index (χ4n) is 5.25. The van der Waals surface area contributed by atoms with Gasteiger partial charge in [0, 0.05) is 34.2 Å². The number of benzene rings is 1. The first kappa shape index (κ1) is 23.2. The molecule has 0 unspecified atom stereocenters. The van der Waals surface area contributed by atoms with Crippen molar-refractivity contribution in [3.05, 3.63) is 63.5 Å². The Morgan fingerprint density at radius 3 is 2.38 bits per heavy atom. The molecule has 0 amide bonds. The van der Waals surface area contributed by atoms with Crippen LogP contribution in [0.1, 0.15) is 102 Å². The molecular formula is C25H27ClF3NO2. The van der Waals surface area contributed by atoms with Crippen LogP contribution < -0.4 is 0 Å². The van der Waals surface area contributed by atoms with E-state index < -0.39 is 17.8 Å². The standard InChI is InChI=1S/C25H27ClF3NO2/c1-24(2)11-18-20(19(31)12-24)17(13-26)21(22(30-18)14-5-3-4-6-14)23(32)15-7-9-16(10-8-15)25(27,28)29/h7-10,14,19,31H,3-6,11-13H2,1-2H3/t19-/m0/s1. The largest absolute Gasteiger partial charge is 0.416 e. The first-order chi connectivity index (χ1) is 15.0. The van der Waals surface area contributed by atoms with Crippen LogP contribution in [0.5, 0.6) is 0 Å². The third kappa shape index (κ3) is 4.32. The van der Waals surface area contributed by atoms with E-state index in [4.69, 9.17) is 16.6 Å². The van der Waals surface area contributed by atoms with E-state index in [1.54, 1.807) is 0 Å². The van der Waals surface area contributed by atoms with Crippen molar-refractivity contribution in [1.82, 2.24) is 4.98 Å². The van der Waals surface area contributed by atoms with Crippen LogP contribution in [0.15, 0.2) is 24.3 Å². The van der Waals surface area contributed by atoms with Crippen molar-refractivity contribution >= 4 is 17.4 Å². The Hall–Kier alpha value is -1.92. The number of aliphatic hydroxyl groups excluding tert-OH is 1. The van der Waals surface area contributed by atoms with Gasteiger partial charge >= 0.3 is 6.18 Å². The van der Waals surface area contributed by atoms with Gasteiger partial charge in [-0.15, -0.1) is 11.6 Å². The summed E-state index contributed by atoms with van der Waals surface area (Å²) in [5.74, 6) is -0.245. The van der Waals surface area contributed by atoms with Crippen molar-refractivity contribution in [3.63, 3.8) is 0 Å². The Balaban J connectivity index is 1.88. The second-order valence-electron chi connectivity index (χ2n) is 9.79. The number of aromatic nitrogens is 1. The second-order valence-corrected chi connectivity index (χ2v) is 10.1. The smallest absolute Gasteiger partial charge is 0.388 e. The minimum absolute atomic E-state index is 0.0315. The molecule has 2 aliphatic rings. The quantitative estimate of drug-likeness (QED) is 0.402. The predicted molar refractivity (Wildman–Crippen MR) is 117 cm³/mol. The summed E-state index contributed by atoms with van der Waals surface area (Å²) in [7, 11) is 0. The zero-order valence-electron chi connectivity index (χ0n) is 18.2. The Bertz CT molecular complexity index is 1020. The molecule has 7 heteroatoms. The van der Waals surface area contributed by atoms with Crippen LogP contribution in [-0.4, -0.2) is 15.9 Å². The third-order valence-corrected chi connectivity index (χ3v) is 7.02. The highest BCUT2D eigenvalue weighted by Gasteiger charge is 2.38. The fraction of sp³-hybridized carbons (Fsp3) is 0.520. The molecule has 2 aromatic rings. The molecule has 1 fully saturated rings. The van der Waals surface area contributed by atoms with Crippen LogP contribution in [0.3, 0.4) is 0 Å². The Labute approximate surface area is 191 Å². The molecule has 1 heterocycles. The van der Waals surface area contributed by atoms with Gasteiger partial charge in [0.05, 0.1) is 17.4 Å². The third-order valence-electron chi connectivity index (χ3n) is 6.75. The highest BCUT2D eigenvalue weighted by Crippen LogP contribution is 2.46. The lowest BCUT2D eigenvalue weighted by Crippen LogP contribution is -2.30. The first-order valence-electron chi connectivity index (χ1n) is 11.0. The van der Waals surface area contributed by atoms with E-state index in [0.29, 0.717) is 35.2 Å². The van der Waals surface area contributed by atoms with Gasteiger partial charge in [0.1, 0.15) is 0 Å². The number of pyridine rings is 1. The van der Waals surface area contributed by atoms with E-state index in [1.807, 2.05) is 0 Å². The topological polar surface area (TPSA) is 50.2 Å². The number of alkyl halides is 4. The van der Waals surface area contributed by atoms with Crippen LogP contribution in [0, 0.1) is 5.41 Å². The number of aliphatic hydroxyl groups is 1. The van der Waals surface area contributed by atoms with E-state index in [1.165, 1.54) is 12.1 Å². The average molecular weight is 466 g/mol. The summed E-state index contributed by atoms with van der Waals surface area (Å²) in [6.45, 7) is 4.16. The highest BCUT2D eigenvalue weighted by molar-refractivity contribution is 6.19. The summed E-state index contributed by atoms with van der Waals surface area (Å²) in [4.78, 5) is 18.6. The van der Waals surface area contributed by atoms with Crippen LogP contribution in [-0.2, 0) is 18.5 Å². The van der Waals surface area contributed by atoms with Gasteiger partial charge in [0.2, 0.25) is 0 Å². The molecule has 3 nitrogen and oxygen atoms in total. The summed E-state index contributed by atoms with van der Waals surface area (Å²) < 4.78 is 39.0. The van der Waals surface area contributed by atoms with E-state index in [0.717, 1.165) is 43.5 Å². The molecule has 0 aliphatic heterocycles. The lowest BCUT2D eigenvalue weighted by molar-refractivity contribution is -0.137. The minimum Gasteiger partial charge on any atom is -0.388 e. The molecule has 1 N–H and O–H groups in total. The number of carbonyl (C=O) groups excluding carboxylic acids is 1. The lowest BCUT2D eigenvalue weighted by atomic mass is 9.72. The first-order valence-corrected chi connectivity index (χ1v) is 11.6. The fourth-order valence-corrected chi connectivity index (χ4v) is 5.52. The summed E-state index contributed by atoms with van der Waals surface area (Å²) in [6.07, 6.45) is -0.142. The molecule has 1 saturated carbocycles. The van der Waals surface area contributed by atoms with Gasteiger partial charge in [-0.1, -0.05) is 38.8 Å². The molecular weight excluding hydrogens is 439 g/mol. The van der Waals surface area contributed by atoms with E-state index in [9.17, 15) is 23.1 Å². The predicted octanol–water partition coefficient (Wildman–Crippen LogP) is 6.73. The molecule has 0 saturated heterocycles. The number of ketones is 1.